The van der Waals surface area contributed by atoms with E-state index in [4.69, 9.17) is 19.5 Å². The molecular weight excluding hydrogens is 218 g/mol. The minimum Gasteiger partial charge on any atom is -0.495 e. The second kappa shape index (κ2) is 7.66. The summed E-state index contributed by atoms with van der Waals surface area (Å²) in [6, 6.07) is 7.54. The van der Waals surface area contributed by atoms with Gasteiger partial charge in [-0.2, -0.15) is 5.26 Å². The van der Waals surface area contributed by atoms with Crippen LogP contribution in [0.3, 0.4) is 0 Å². The number of benzene rings is 1. The summed E-state index contributed by atoms with van der Waals surface area (Å²) in [4.78, 5) is 0. The standard InChI is InChI=1S/C13H17NO3/c1-3-16-6-7-17-10-11-4-5-13(15-2)12(8-11)9-14/h4-5,8H,3,6-7,10H2,1-2H3. The molecule has 0 aliphatic heterocycles. The third-order valence-corrected chi connectivity index (χ3v) is 2.23. The van der Waals surface area contributed by atoms with E-state index in [0.717, 1.165) is 5.56 Å². The molecule has 0 radical (unpaired) electrons. The Kier molecular flexibility index (Phi) is 6.08. The number of rotatable bonds is 7. The van der Waals surface area contributed by atoms with Crippen molar-refractivity contribution in [2.45, 2.75) is 13.5 Å². The first-order chi connectivity index (χ1) is 8.31. The van der Waals surface area contributed by atoms with Crippen LogP contribution in [0.15, 0.2) is 18.2 Å². The molecule has 0 saturated heterocycles. The van der Waals surface area contributed by atoms with Crippen molar-refractivity contribution >= 4 is 0 Å². The third-order valence-electron chi connectivity index (χ3n) is 2.23. The van der Waals surface area contributed by atoms with E-state index in [1.807, 2.05) is 13.0 Å². The molecule has 0 amide bonds. The van der Waals surface area contributed by atoms with E-state index >= 15 is 0 Å². The molecule has 0 spiro atoms. The fraction of sp³-hybridized carbons (Fsp3) is 0.462. The highest BCUT2D eigenvalue weighted by atomic mass is 16.5. The van der Waals surface area contributed by atoms with Crippen molar-refractivity contribution in [2.75, 3.05) is 26.9 Å². The molecule has 0 fully saturated rings. The molecule has 0 heterocycles. The van der Waals surface area contributed by atoms with E-state index in [2.05, 4.69) is 6.07 Å². The quantitative estimate of drug-likeness (QED) is 0.679. The number of methoxy groups -OCH3 is 1. The van der Waals surface area contributed by atoms with Crippen LogP contribution >= 0.6 is 0 Å². The minimum atomic E-state index is 0.478. The smallest absolute Gasteiger partial charge is 0.136 e. The second-order valence-corrected chi connectivity index (χ2v) is 3.40. The lowest BCUT2D eigenvalue weighted by atomic mass is 10.1. The van der Waals surface area contributed by atoms with E-state index in [1.165, 1.54) is 0 Å². The van der Waals surface area contributed by atoms with Crippen LogP contribution in [-0.4, -0.2) is 26.9 Å². The molecule has 0 aliphatic carbocycles. The van der Waals surface area contributed by atoms with Crippen LogP contribution in [0.1, 0.15) is 18.1 Å². The van der Waals surface area contributed by atoms with E-state index in [-0.39, 0.29) is 0 Å². The summed E-state index contributed by atoms with van der Waals surface area (Å²) in [6.45, 7) is 4.28. The van der Waals surface area contributed by atoms with Crippen molar-refractivity contribution in [1.82, 2.24) is 0 Å². The van der Waals surface area contributed by atoms with Gasteiger partial charge in [0.1, 0.15) is 11.8 Å². The number of nitriles is 1. The van der Waals surface area contributed by atoms with Gasteiger partial charge in [-0.05, 0) is 24.6 Å². The largest absolute Gasteiger partial charge is 0.495 e. The first-order valence-electron chi connectivity index (χ1n) is 5.54. The zero-order valence-corrected chi connectivity index (χ0v) is 10.2. The summed E-state index contributed by atoms with van der Waals surface area (Å²) in [7, 11) is 1.55. The summed E-state index contributed by atoms with van der Waals surface area (Å²) >= 11 is 0. The monoisotopic (exact) mass is 235 g/mol. The Labute approximate surface area is 102 Å². The third kappa shape index (κ3) is 4.43. The van der Waals surface area contributed by atoms with Crippen LogP contribution in [0.25, 0.3) is 0 Å². The Morgan fingerprint density at radius 1 is 1.24 bits per heavy atom. The van der Waals surface area contributed by atoms with Crippen molar-refractivity contribution in [2.24, 2.45) is 0 Å². The molecule has 0 N–H and O–H groups in total. The van der Waals surface area contributed by atoms with Gasteiger partial charge in [0, 0.05) is 6.61 Å². The fourth-order valence-electron chi connectivity index (χ4n) is 1.38. The zero-order chi connectivity index (χ0) is 12.5. The van der Waals surface area contributed by atoms with Gasteiger partial charge < -0.3 is 14.2 Å². The Balaban J connectivity index is 2.47. The molecule has 0 aliphatic rings. The van der Waals surface area contributed by atoms with Gasteiger partial charge in [0.05, 0.1) is 32.5 Å². The Morgan fingerprint density at radius 2 is 2.00 bits per heavy atom. The Hall–Kier alpha value is -1.57. The average Bonchev–Trinajstić information content (AvgIpc) is 2.38. The zero-order valence-electron chi connectivity index (χ0n) is 10.2. The minimum absolute atomic E-state index is 0.478. The first-order valence-corrected chi connectivity index (χ1v) is 5.54. The molecule has 1 aromatic rings. The number of nitrogens with zero attached hydrogens (tertiary/aromatic N) is 1. The number of hydrogen-bond donors (Lipinski definition) is 0. The molecule has 0 aromatic heterocycles. The van der Waals surface area contributed by atoms with Crippen LogP contribution in [0.5, 0.6) is 5.75 Å². The van der Waals surface area contributed by atoms with Crippen LogP contribution in [0.4, 0.5) is 0 Å². The average molecular weight is 235 g/mol. The number of hydrogen-bond acceptors (Lipinski definition) is 4. The molecule has 4 nitrogen and oxygen atoms in total. The highest BCUT2D eigenvalue weighted by Gasteiger charge is 2.03. The summed E-state index contributed by atoms with van der Waals surface area (Å²) in [5, 5.41) is 8.92. The summed E-state index contributed by atoms with van der Waals surface area (Å²) in [5.41, 5.74) is 1.48. The highest BCUT2D eigenvalue weighted by Crippen LogP contribution is 2.19. The summed E-state index contributed by atoms with van der Waals surface area (Å²) in [5.74, 6) is 0.588. The summed E-state index contributed by atoms with van der Waals surface area (Å²) < 4.78 is 15.6. The van der Waals surface area contributed by atoms with Gasteiger partial charge in [0.25, 0.3) is 0 Å². The lowest BCUT2D eigenvalue weighted by Crippen LogP contribution is -2.04. The molecule has 17 heavy (non-hydrogen) atoms. The van der Waals surface area contributed by atoms with Crippen molar-refractivity contribution in [1.29, 1.82) is 5.26 Å². The molecule has 1 aromatic carbocycles. The molecule has 0 unspecified atom stereocenters. The van der Waals surface area contributed by atoms with Crippen LogP contribution in [-0.2, 0) is 16.1 Å². The van der Waals surface area contributed by atoms with Gasteiger partial charge in [-0.1, -0.05) is 6.07 Å². The lowest BCUT2D eigenvalue weighted by Gasteiger charge is -2.07. The van der Waals surface area contributed by atoms with Crippen molar-refractivity contribution in [3.63, 3.8) is 0 Å². The molecule has 1 rings (SSSR count). The van der Waals surface area contributed by atoms with Crippen LogP contribution in [0, 0.1) is 11.3 Å². The lowest BCUT2D eigenvalue weighted by molar-refractivity contribution is 0.0453. The molecule has 0 saturated carbocycles. The fourth-order valence-corrected chi connectivity index (χ4v) is 1.38. The van der Waals surface area contributed by atoms with Gasteiger partial charge in [0.15, 0.2) is 0 Å². The maximum Gasteiger partial charge on any atom is 0.136 e. The Bertz CT molecular complexity index is 385. The van der Waals surface area contributed by atoms with E-state index < -0.39 is 0 Å². The van der Waals surface area contributed by atoms with Gasteiger partial charge in [-0.25, -0.2) is 0 Å². The second-order valence-electron chi connectivity index (χ2n) is 3.40. The van der Waals surface area contributed by atoms with Crippen molar-refractivity contribution in [3.05, 3.63) is 29.3 Å². The van der Waals surface area contributed by atoms with Crippen LogP contribution in [0.2, 0.25) is 0 Å². The van der Waals surface area contributed by atoms with E-state index in [9.17, 15) is 0 Å². The topological polar surface area (TPSA) is 51.5 Å². The van der Waals surface area contributed by atoms with Gasteiger partial charge in [-0.15, -0.1) is 0 Å². The van der Waals surface area contributed by atoms with Crippen molar-refractivity contribution in [3.8, 4) is 11.8 Å². The van der Waals surface area contributed by atoms with Crippen molar-refractivity contribution < 1.29 is 14.2 Å². The van der Waals surface area contributed by atoms with Gasteiger partial charge in [0.2, 0.25) is 0 Å². The van der Waals surface area contributed by atoms with E-state index in [1.54, 1.807) is 19.2 Å². The molecule has 92 valence electrons. The molecule has 0 bridgehead atoms. The molecule has 0 atom stereocenters. The first kappa shape index (κ1) is 13.5. The maximum absolute atomic E-state index is 8.92. The van der Waals surface area contributed by atoms with Gasteiger partial charge >= 0.3 is 0 Å². The van der Waals surface area contributed by atoms with E-state index in [0.29, 0.717) is 37.7 Å². The normalized spacial score (nSPS) is 9.94. The van der Waals surface area contributed by atoms with Crippen LogP contribution < -0.4 is 4.74 Å². The summed E-state index contributed by atoms with van der Waals surface area (Å²) in [6.07, 6.45) is 0. The molecule has 4 heteroatoms. The van der Waals surface area contributed by atoms with Gasteiger partial charge in [-0.3, -0.25) is 0 Å². The predicted octanol–water partition coefficient (Wildman–Crippen LogP) is 2.12. The SMILES string of the molecule is CCOCCOCc1ccc(OC)c(C#N)c1. The highest BCUT2D eigenvalue weighted by molar-refractivity contribution is 5.45. The molecular formula is C13H17NO3. The maximum atomic E-state index is 8.92. The predicted molar refractivity (Wildman–Crippen MR) is 63.9 cm³/mol. The number of ether oxygens (including phenoxy) is 3. The Morgan fingerprint density at radius 3 is 2.65 bits per heavy atom.